The lowest BCUT2D eigenvalue weighted by Gasteiger charge is -2.30. The van der Waals surface area contributed by atoms with Gasteiger partial charge in [-0.15, -0.1) is 0 Å². The van der Waals surface area contributed by atoms with E-state index in [9.17, 15) is 9.59 Å². The molecule has 0 aromatic carbocycles. The molecule has 1 aromatic rings. The first-order valence-electron chi connectivity index (χ1n) is 7.90. The van der Waals surface area contributed by atoms with E-state index in [1.807, 2.05) is 6.92 Å². The van der Waals surface area contributed by atoms with Gasteiger partial charge < -0.3 is 19.4 Å². The Bertz CT molecular complexity index is 465. The van der Waals surface area contributed by atoms with Crippen molar-refractivity contribution in [2.75, 3.05) is 32.8 Å². The normalized spacial score (nSPS) is 15.8. The predicted octanol–water partition coefficient (Wildman–Crippen LogP) is 1.67. The minimum absolute atomic E-state index is 0.00672. The quantitative estimate of drug-likeness (QED) is 0.778. The molecule has 6 nitrogen and oxygen atoms in total. The maximum atomic E-state index is 12.1. The van der Waals surface area contributed by atoms with Gasteiger partial charge in [0.2, 0.25) is 5.91 Å². The molecule has 1 aliphatic rings. The SMILES string of the molecule is CCOCCCNC(=O)C1CCN(C(=O)c2ccco2)CC1. The fraction of sp³-hybridized carbons (Fsp3) is 0.625. The minimum atomic E-state index is -0.0967. The highest BCUT2D eigenvalue weighted by molar-refractivity contribution is 5.91. The molecule has 1 aromatic heterocycles. The average Bonchev–Trinajstić information content (AvgIpc) is 3.08. The fourth-order valence-electron chi connectivity index (χ4n) is 2.58. The molecule has 6 heteroatoms. The molecule has 22 heavy (non-hydrogen) atoms. The van der Waals surface area contributed by atoms with E-state index in [1.165, 1.54) is 6.26 Å². The van der Waals surface area contributed by atoms with E-state index in [4.69, 9.17) is 9.15 Å². The summed E-state index contributed by atoms with van der Waals surface area (Å²) >= 11 is 0. The molecular weight excluding hydrogens is 284 g/mol. The van der Waals surface area contributed by atoms with Crippen molar-refractivity contribution in [3.05, 3.63) is 24.2 Å². The molecule has 2 rings (SSSR count). The zero-order valence-electron chi connectivity index (χ0n) is 13.0. The molecule has 0 radical (unpaired) electrons. The van der Waals surface area contributed by atoms with Gasteiger partial charge >= 0.3 is 0 Å². The first kappa shape index (κ1) is 16.5. The first-order chi connectivity index (χ1) is 10.7. The van der Waals surface area contributed by atoms with Crippen LogP contribution in [0.15, 0.2) is 22.8 Å². The summed E-state index contributed by atoms with van der Waals surface area (Å²) < 4.78 is 10.4. The summed E-state index contributed by atoms with van der Waals surface area (Å²) in [7, 11) is 0. The lowest BCUT2D eigenvalue weighted by atomic mass is 9.95. The minimum Gasteiger partial charge on any atom is -0.459 e. The standard InChI is InChI=1S/C16H24N2O4/c1-2-21-11-4-8-17-15(19)13-6-9-18(10-7-13)16(20)14-5-3-12-22-14/h3,5,12-13H,2,4,6-11H2,1H3,(H,17,19). The highest BCUT2D eigenvalue weighted by Gasteiger charge is 2.28. The summed E-state index contributed by atoms with van der Waals surface area (Å²) in [4.78, 5) is 25.9. The molecule has 0 saturated carbocycles. The molecule has 1 fully saturated rings. The Morgan fingerprint density at radius 1 is 1.41 bits per heavy atom. The van der Waals surface area contributed by atoms with Crippen molar-refractivity contribution < 1.29 is 18.7 Å². The van der Waals surface area contributed by atoms with Gasteiger partial charge in [-0.3, -0.25) is 9.59 Å². The molecule has 0 atom stereocenters. The van der Waals surface area contributed by atoms with Crippen molar-refractivity contribution in [3.63, 3.8) is 0 Å². The fourth-order valence-corrected chi connectivity index (χ4v) is 2.58. The highest BCUT2D eigenvalue weighted by Crippen LogP contribution is 2.19. The van der Waals surface area contributed by atoms with Crippen molar-refractivity contribution in [1.29, 1.82) is 0 Å². The van der Waals surface area contributed by atoms with Crippen LogP contribution in [0.2, 0.25) is 0 Å². The third kappa shape index (κ3) is 4.59. The average molecular weight is 308 g/mol. The van der Waals surface area contributed by atoms with Crippen LogP contribution in [0.25, 0.3) is 0 Å². The Morgan fingerprint density at radius 3 is 2.82 bits per heavy atom. The van der Waals surface area contributed by atoms with E-state index in [0.717, 1.165) is 6.42 Å². The Balaban J connectivity index is 1.68. The van der Waals surface area contributed by atoms with Gasteiger partial charge in [0, 0.05) is 38.8 Å². The third-order valence-electron chi connectivity index (χ3n) is 3.85. The number of rotatable bonds is 7. The van der Waals surface area contributed by atoms with Gasteiger partial charge in [0.25, 0.3) is 5.91 Å². The van der Waals surface area contributed by atoms with E-state index in [1.54, 1.807) is 17.0 Å². The van der Waals surface area contributed by atoms with Crippen LogP contribution < -0.4 is 5.32 Å². The summed E-state index contributed by atoms with van der Waals surface area (Å²) in [5.74, 6) is 0.341. The number of likely N-dealkylation sites (tertiary alicyclic amines) is 1. The second kappa shape index (κ2) is 8.58. The number of piperidine rings is 1. The predicted molar refractivity (Wildman–Crippen MR) is 81.5 cm³/mol. The van der Waals surface area contributed by atoms with Gasteiger partial charge in [0.05, 0.1) is 6.26 Å². The second-order valence-corrected chi connectivity index (χ2v) is 5.39. The van der Waals surface area contributed by atoms with Gasteiger partial charge in [0.15, 0.2) is 5.76 Å². The van der Waals surface area contributed by atoms with Crippen LogP contribution in [-0.2, 0) is 9.53 Å². The van der Waals surface area contributed by atoms with Gasteiger partial charge in [-0.05, 0) is 38.3 Å². The molecule has 0 bridgehead atoms. The lowest BCUT2D eigenvalue weighted by molar-refractivity contribution is -0.126. The van der Waals surface area contributed by atoms with Gasteiger partial charge in [-0.2, -0.15) is 0 Å². The number of ether oxygens (including phenoxy) is 1. The Morgan fingerprint density at radius 2 is 2.18 bits per heavy atom. The smallest absolute Gasteiger partial charge is 0.289 e. The largest absolute Gasteiger partial charge is 0.459 e. The van der Waals surface area contributed by atoms with Crippen molar-refractivity contribution >= 4 is 11.8 Å². The molecule has 1 aliphatic heterocycles. The Hall–Kier alpha value is -1.82. The van der Waals surface area contributed by atoms with Crippen LogP contribution in [0.4, 0.5) is 0 Å². The summed E-state index contributed by atoms with van der Waals surface area (Å²) in [6.07, 6.45) is 3.72. The van der Waals surface area contributed by atoms with Crippen molar-refractivity contribution in [3.8, 4) is 0 Å². The second-order valence-electron chi connectivity index (χ2n) is 5.39. The van der Waals surface area contributed by atoms with Gasteiger partial charge in [-0.25, -0.2) is 0 Å². The number of hydrogen-bond donors (Lipinski definition) is 1. The number of amides is 2. The lowest BCUT2D eigenvalue weighted by Crippen LogP contribution is -2.43. The van der Waals surface area contributed by atoms with Crippen molar-refractivity contribution in [2.24, 2.45) is 5.92 Å². The molecule has 1 N–H and O–H groups in total. The van der Waals surface area contributed by atoms with E-state index in [0.29, 0.717) is 51.4 Å². The number of furan rings is 1. The van der Waals surface area contributed by atoms with Crippen molar-refractivity contribution in [2.45, 2.75) is 26.2 Å². The Labute approximate surface area is 130 Å². The summed E-state index contributed by atoms with van der Waals surface area (Å²) in [6.45, 7) is 5.16. The van der Waals surface area contributed by atoms with E-state index >= 15 is 0 Å². The molecule has 122 valence electrons. The zero-order valence-corrected chi connectivity index (χ0v) is 13.0. The van der Waals surface area contributed by atoms with Crippen molar-refractivity contribution in [1.82, 2.24) is 10.2 Å². The molecule has 0 spiro atoms. The molecule has 2 heterocycles. The third-order valence-corrected chi connectivity index (χ3v) is 3.85. The number of carbonyl (C=O) groups excluding carboxylic acids is 2. The summed E-state index contributed by atoms with van der Waals surface area (Å²) in [5.41, 5.74) is 0. The van der Waals surface area contributed by atoms with Crippen LogP contribution in [-0.4, -0.2) is 49.6 Å². The number of carbonyl (C=O) groups is 2. The topological polar surface area (TPSA) is 71.8 Å². The monoisotopic (exact) mass is 308 g/mol. The Kier molecular flexibility index (Phi) is 6.45. The number of nitrogens with zero attached hydrogens (tertiary/aromatic N) is 1. The molecular formula is C16H24N2O4. The van der Waals surface area contributed by atoms with Crippen LogP contribution >= 0.6 is 0 Å². The van der Waals surface area contributed by atoms with Gasteiger partial charge in [0.1, 0.15) is 0 Å². The highest BCUT2D eigenvalue weighted by atomic mass is 16.5. The molecule has 1 saturated heterocycles. The van der Waals surface area contributed by atoms with Crippen LogP contribution in [0.3, 0.4) is 0 Å². The molecule has 0 aliphatic carbocycles. The zero-order chi connectivity index (χ0) is 15.8. The molecule has 0 unspecified atom stereocenters. The van der Waals surface area contributed by atoms with E-state index in [2.05, 4.69) is 5.32 Å². The maximum absolute atomic E-state index is 12.1. The number of nitrogens with one attached hydrogen (secondary N) is 1. The summed E-state index contributed by atoms with van der Waals surface area (Å²) in [6, 6.07) is 3.37. The molecule has 2 amide bonds. The van der Waals surface area contributed by atoms with Crippen LogP contribution in [0.1, 0.15) is 36.7 Å². The summed E-state index contributed by atoms with van der Waals surface area (Å²) in [5, 5.41) is 2.94. The number of hydrogen-bond acceptors (Lipinski definition) is 4. The van der Waals surface area contributed by atoms with E-state index in [-0.39, 0.29) is 17.7 Å². The van der Waals surface area contributed by atoms with Crippen LogP contribution in [0, 0.1) is 5.92 Å². The van der Waals surface area contributed by atoms with E-state index < -0.39 is 0 Å². The van der Waals surface area contributed by atoms with Crippen LogP contribution in [0.5, 0.6) is 0 Å². The van der Waals surface area contributed by atoms with Gasteiger partial charge in [-0.1, -0.05) is 0 Å². The maximum Gasteiger partial charge on any atom is 0.289 e. The first-order valence-corrected chi connectivity index (χ1v) is 7.90.